The third-order valence-electron chi connectivity index (χ3n) is 3.17. The lowest BCUT2D eigenvalue weighted by molar-refractivity contribution is 0.262. The summed E-state index contributed by atoms with van der Waals surface area (Å²) in [5, 5.41) is 12.4. The smallest absolute Gasteiger partial charge is 0.305 e. The number of carbonyl (C=O) groups excluding carboxylic acids is 1. The highest BCUT2D eigenvalue weighted by Crippen LogP contribution is 2.42. The van der Waals surface area contributed by atoms with E-state index in [1.165, 1.54) is 0 Å². The molecule has 2 aromatic rings. The lowest BCUT2D eigenvalue weighted by Gasteiger charge is -2.08. The van der Waals surface area contributed by atoms with Crippen LogP contribution in [-0.2, 0) is 0 Å². The van der Waals surface area contributed by atoms with Gasteiger partial charge in [-0.05, 0) is 47.8 Å². The second-order valence-electron chi connectivity index (χ2n) is 4.81. The molecule has 0 spiro atoms. The van der Waals surface area contributed by atoms with E-state index in [2.05, 4.69) is 41.7 Å². The molecule has 2 amide bonds. The zero-order valence-electron chi connectivity index (χ0n) is 10.9. The Labute approximate surface area is 124 Å². The summed E-state index contributed by atoms with van der Waals surface area (Å²) in [6.07, 6.45) is 3.92. The minimum atomic E-state index is -0.317. The summed E-state index contributed by atoms with van der Waals surface area (Å²) in [7, 11) is 0. The van der Waals surface area contributed by atoms with Crippen LogP contribution in [0.4, 0.5) is 16.3 Å². The number of nitrogens with one attached hydrogen (secondary N) is 3. The van der Waals surface area contributed by atoms with E-state index < -0.39 is 0 Å². The highest BCUT2D eigenvalue weighted by atomic mass is 79.9. The van der Waals surface area contributed by atoms with E-state index >= 15 is 0 Å². The highest BCUT2D eigenvalue weighted by molar-refractivity contribution is 9.10. The fourth-order valence-corrected chi connectivity index (χ4v) is 2.18. The number of aromatic nitrogens is 3. The average Bonchev–Trinajstić information content (AvgIpc) is 3.15. The molecule has 0 aromatic carbocycles. The van der Waals surface area contributed by atoms with E-state index in [0.29, 0.717) is 11.7 Å². The minimum Gasteiger partial charge on any atom is -0.305 e. The molecule has 0 radical (unpaired) electrons. The quantitative estimate of drug-likeness (QED) is 0.803. The van der Waals surface area contributed by atoms with Gasteiger partial charge >= 0.3 is 6.03 Å². The Hall–Kier alpha value is -1.89. The zero-order valence-corrected chi connectivity index (χ0v) is 12.5. The van der Waals surface area contributed by atoms with Crippen LogP contribution in [0.5, 0.6) is 0 Å². The van der Waals surface area contributed by atoms with Crippen molar-refractivity contribution in [1.82, 2.24) is 15.2 Å². The van der Waals surface area contributed by atoms with Gasteiger partial charge in [-0.25, -0.2) is 9.78 Å². The number of hydrogen-bond donors (Lipinski definition) is 3. The van der Waals surface area contributed by atoms with Crippen LogP contribution in [0.1, 0.15) is 30.1 Å². The number of anilines is 2. The number of carbonyl (C=O) groups is 1. The van der Waals surface area contributed by atoms with Crippen LogP contribution < -0.4 is 10.6 Å². The average molecular weight is 336 g/mol. The maximum Gasteiger partial charge on any atom is 0.324 e. The molecule has 7 heteroatoms. The van der Waals surface area contributed by atoms with Gasteiger partial charge in [-0.3, -0.25) is 10.4 Å². The summed E-state index contributed by atoms with van der Waals surface area (Å²) in [5.41, 5.74) is 2.56. The Bertz CT molecular complexity index is 650. The van der Waals surface area contributed by atoms with E-state index in [-0.39, 0.29) is 6.03 Å². The van der Waals surface area contributed by atoms with Crippen LogP contribution in [0.2, 0.25) is 0 Å². The van der Waals surface area contributed by atoms with Crippen molar-refractivity contribution in [3.05, 3.63) is 34.2 Å². The number of H-pyrrole nitrogens is 1. The van der Waals surface area contributed by atoms with Crippen molar-refractivity contribution in [3.63, 3.8) is 0 Å². The van der Waals surface area contributed by atoms with Crippen molar-refractivity contribution in [3.8, 4) is 0 Å². The van der Waals surface area contributed by atoms with Crippen molar-refractivity contribution in [2.75, 3.05) is 10.6 Å². The molecule has 2 aromatic heterocycles. The summed E-state index contributed by atoms with van der Waals surface area (Å²) < 4.78 is 0.911. The third kappa shape index (κ3) is 2.82. The molecule has 3 rings (SSSR count). The first-order valence-corrected chi connectivity index (χ1v) is 7.17. The van der Waals surface area contributed by atoms with Gasteiger partial charge < -0.3 is 5.32 Å². The second kappa shape index (κ2) is 5.24. The predicted octanol–water partition coefficient (Wildman–Crippen LogP) is 3.40. The topological polar surface area (TPSA) is 82.7 Å². The Morgan fingerprint density at radius 2 is 2.20 bits per heavy atom. The fourth-order valence-electron chi connectivity index (χ4n) is 1.96. The molecular weight excluding hydrogens is 322 g/mol. The van der Waals surface area contributed by atoms with Gasteiger partial charge in [-0.1, -0.05) is 0 Å². The largest absolute Gasteiger partial charge is 0.324 e. The van der Waals surface area contributed by atoms with Crippen molar-refractivity contribution in [1.29, 1.82) is 0 Å². The van der Waals surface area contributed by atoms with E-state index in [1.807, 2.05) is 13.0 Å². The van der Waals surface area contributed by atoms with E-state index in [1.54, 1.807) is 12.3 Å². The maximum absolute atomic E-state index is 12.0. The number of hydrogen-bond acceptors (Lipinski definition) is 3. The second-order valence-corrected chi connectivity index (χ2v) is 5.67. The number of aryl methyl sites for hydroxylation is 1. The summed E-state index contributed by atoms with van der Waals surface area (Å²) in [4.78, 5) is 16.2. The summed E-state index contributed by atoms with van der Waals surface area (Å²) >= 11 is 3.37. The molecule has 20 heavy (non-hydrogen) atoms. The normalized spacial score (nSPS) is 14.1. The van der Waals surface area contributed by atoms with Crippen molar-refractivity contribution < 1.29 is 4.79 Å². The molecule has 0 saturated heterocycles. The van der Waals surface area contributed by atoms with Crippen LogP contribution in [-0.4, -0.2) is 21.2 Å². The molecule has 2 heterocycles. The third-order valence-corrected chi connectivity index (χ3v) is 4.00. The lowest BCUT2D eigenvalue weighted by Crippen LogP contribution is -2.20. The molecule has 1 saturated carbocycles. The number of nitrogens with zero attached hydrogens (tertiary/aromatic N) is 2. The molecule has 0 bridgehead atoms. The van der Waals surface area contributed by atoms with E-state index in [0.717, 1.165) is 34.4 Å². The van der Waals surface area contributed by atoms with Crippen LogP contribution in [0.25, 0.3) is 0 Å². The van der Waals surface area contributed by atoms with Crippen molar-refractivity contribution in [2.24, 2.45) is 0 Å². The number of aromatic amines is 1. The summed E-state index contributed by atoms with van der Waals surface area (Å²) in [6.45, 7) is 1.87. The Morgan fingerprint density at radius 1 is 1.40 bits per heavy atom. The highest BCUT2D eigenvalue weighted by Gasteiger charge is 2.28. The molecule has 0 atom stereocenters. The maximum atomic E-state index is 12.0. The number of halogens is 1. The Morgan fingerprint density at radius 3 is 2.90 bits per heavy atom. The monoisotopic (exact) mass is 335 g/mol. The first-order chi connectivity index (χ1) is 9.63. The first kappa shape index (κ1) is 13.1. The Balaban J connectivity index is 1.67. The lowest BCUT2D eigenvalue weighted by atomic mass is 10.2. The van der Waals surface area contributed by atoms with Gasteiger partial charge in [-0.15, -0.1) is 0 Å². The van der Waals surface area contributed by atoms with Gasteiger partial charge in [0.1, 0.15) is 5.82 Å². The van der Waals surface area contributed by atoms with Crippen LogP contribution in [0.15, 0.2) is 22.8 Å². The van der Waals surface area contributed by atoms with Gasteiger partial charge in [0.05, 0.1) is 23.3 Å². The summed E-state index contributed by atoms with van der Waals surface area (Å²) in [6, 6.07) is 3.28. The minimum absolute atomic E-state index is 0.317. The van der Waals surface area contributed by atoms with Crippen LogP contribution in [0.3, 0.4) is 0 Å². The number of urea groups is 1. The molecule has 1 fully saturated rings. The number of rotatable bonds is 3. The van der Waals surface area contributed by atoms with Gasteiger partial charge in [0.2, 0.25) is 0 Å². The molecule has 0 aliphatic heterocycles. The van der Waals surface area contributed by atoms with Crippen LogP contribution >= 0.6 is 15.9 Å². The number of pyridine rings is 1. The van der Waals surface area contributed by atoms with Gasteiger partial charge in [0.15, 0.2) is 0 Å². The molecule has 6 nitrogen and oxygen atoms in total. The van der Waals surface area contributed by atoms with Gasteiger partial charge in [0, 0.05) is 10.4 Å². The molecule has 1 aliphatic rings. The van der Waals surface area contributed by atoms with Gasteiger partial charge in [0.25, 0.3) is 0 Å². The number of amides is 2. The van der Waals surface area contributed by atoms with E-state index in [9.17, 15) is 4.79 Å². The van der Waals surface area contributed by atoms with Crippen LogP contribution in [0, 0.1) is 6.92 Å². The van der Waals surface area contributed by atoms with Crippen molar-refractivity contribution in [2.45, 2.75) is 25.7 Å². The Kier molecular flexibility index (Phi) is 3.43. The molecular formula is C13H14BrN5O. The van der Waals surface area contributed by atoms with E-state index in [4.69, 9.17) is 0 Å². The zero-order chi connectivity index (χ0) is 14.1. The van der Waals surface area contributed by atoms with Gasteiger partial charge in [-0.2, -0.15) is 5.10 Å². The predicted molar refractivity (Wildman–Crippen MR) is 79.9 cm³/mol. The molecule has 3 N–H and O–H groups in total. The van der Waals surface area contributed by atoms with Crippen molar-refractivity contribution >= 4 is 33.5 Å². The molecule has 1 aliphatic carbocycles. The fraction of sp³-hybridized carbons (Fsp3) is 0.308. The SMILES string of the molecule is Cc1nc(NC(=O)Nc2cn[nH]c2C2CC2)ccc1Br. The molecule has 0 unspecified atom stereocenters. The first-order valence-electron chi connectivity index (χ1n) is 6.38. The summed E-state index contributed by atoms with van der Waals surface area (Å²) in [5.74, 6) is 1.01. The molecule has 104 valence electrons. The standard InChI is InChI=1S/C13H14BrN5O/c1-7-9(14)4-5-11(16-7)18-13(20)17-10-6-15-19-12(10)8-2-3-8/h4-6,8H,2-3H2,1H3,(H,15,19)(H2,16,17,18,20).